The third-order valence-corrected chi connectivity index (χ3v) is 3.83. The smallest absolute Gasteiger partial charge is 0.270 e. The molecule has 0 unspecified atom stereocenters. The van der Waals surface area contributed by atoms with Crippen LogP contribution >= 0.6 is 0 Å². The lowest BCUT2D eigenvalue weighted by atomic mass is 10.1. The molecule has 3 rings (SSSR count). The van der Waals surface area contributed by atoms with Crippen LogP contribution in [0.25, 0.3) is 0 Å². The first-order valence-corrected chi connectivity index (χ1v) is 8.16. The van der Waals surface area contributed by atoms with Crippen molar-refractivity contribution in [3.8, 4) is 0 Å². The van der Waals surface area contributed by atoms with Crippen molar-refractivity contribution in [1.29, 1.82) is 0 Å². The number of carbonyl (C=O) groups is 2. The van der Waals surface area contributed by atoms with Crippen LogP contribution in [0.3, 0.4) is 0 Å². The van der Waals surface area contributed by atoms with E-state index in [0.29, 0.717) is 17.6 Å². The largest absolute Gasteiger partial charge is 0.295 e. The summed E-state index contributed by atoms with van der Waals surface area (Å²) in [6.45, 7) is -0.0568. The van der Waals surface area contributed by atoms with Crippen LogP contribution in [0.5, 0.6) is 0 Å². The Kier molecular flexibility index (Phi) is 5.36. The lowest BCUT2D eigenvalue weighted by Crippen LogP contribution is -2.41. The fourth-order valence-electron chi connectivity index (χ4n) is 2.53. The predicted molar refractivity (Wildman–Crippen MR) is 98.4 cm³/mol. The fourth-order valence-corrected chi connectivity index (χ4v) is 2.53. The Morgan fingerprint density at radius 2 is 1.68 bits per heavy atom. The number of hydrogen-bond acceptors (Lipinski definition) is 4. The van der Waals surface area contributed by atoms with Crippen LogP contribution in [0.1, 0.15) is 23.2 Å². The number of Topliss-reactive ketones (excluding diaryl/α,β-unsaturated/α-hetero) is 1. The second-order valence-corrected chi connectivity index (χ2v) is 5.68. The number of benzene rings is 2. The highest BCUT2D eigenvalue weighted by Gasteiger charge is 2.22. The molecular formula is C20H19N3O2. The zero-order chi connectivity index (χ0) is 17.5. The minimum absolute atomic E-state index is 0.0568. The average molecular weight is 333 g/mol. The van der Waals surface area contributed by atoms with Gasteiger partial charge in [-0.1, -0.05) is 48.5 Å². The molecule has 126 valence electrons. The molecule has 25 heavy (non-hydrogen) atoms. The summed E-state index contributed by atoms with van der Waals surface area (Å²) in [5, 5.41) is 1.36. The van der Waals surface area contributed by atoms with Crippen molar-refractivity contribution in [3.05, 3.63) is 78.0 Å². The molecule has 0 saturated carbocycles. The highest BCUT2D eigenvalue weighted by atomic mass is 16.2. The zero-order valence-corrected chi connectivity index (χ0v) is 13.8. The van der Waals surface area contributed by atoms with Gasteiger partial charge in [0.15, 0.2) is 5.78 Å². The summed E-state index contributed by atoms with van der Waals surface area (Å²) in [7, 11) is 0. The molecule has 1 N–H and O–H groups in total. The molecule has 1 heterocycles. The van der Waals surface area contributed by atoms with Crippen LogP contribution < -0.4 is 5.43 Å². The SMILES string of the molecule is O=C(CN(Nc1ccccc1)C(=O)C1=CN=CCC1)c1ccccc1. The Balaban J connectivity index is 1.81. The number of ketones is 1. The van der Waals surface area contributed by atoms with E-state index in [-0.39, 0.29) is 18.2 Å². The van der Waals surface area contributed by atoms with E-state index in [1.807, 2.05) is 48.5 Å². The van der Waals surface area contributed by atoms with Crippen molar-refractivity contribution in [1.82, 2.24) is 5.01 Å². The molecule has 2 aromatic carbocycles. The van der Waals surface area contributed by atoms with Gasteiger partial charge in [0, 0.05) is 23.6 Å². The van der Waals surface area contributed by atoms with Crippen molar-refractivity contribution >= 4 is 23.6 Å². The van der Waals surface area contributed by atoms with Crippen LogP contribution in [0.4, 0.5) is 5.69 Å². The van der Waals surface area contributed by atoms with Gasteiger partial charge in [0.2, 0.25) is 0 Å². The van der Waals surface area contributed by atoms with Gasteiger partial charge in [0.25, 0.3) is 5.91 Å². The maximum Gasteiger partial charge on any atom is 0.270 e. The summed E-state index contributed by atoms with van der Waals surface area (Å²) in [5.41, 5.74) is 4.96. The van der Waals surface area contributed by atoms with Gasteiger partial charge in [-0.2, -0.15) is 0 Å². The van der Waals surface area contributed by atoms with Gasteiger partial charge in [-0.25, -0.2) is 5.01 Å². The first-order valence-electron chi connectivity index (χ1n) is 8.16. The Morgan fingerprint density at radius 3 is 2.32 bits per heavy atom. The number of carbonyl (C=O) groups excluding carboxylic acids is 2. The normalized spacial score (nSPS) is 13.0. The summed E-state index contributed by atoms with van der Waals surface area (Å²) in [6, 6.07) is 18.3. The van der Waals surface area contributed by atoms with Gasteiger partial charge >= 0.3 is 0 Å². The number of anilines is 1. The number of para-hydroxylation sites is 1. The van der Waals surface area contributed by atoms with E-state index in [1.54, 1.807) is 24.5 Å². The van der Waals surface area contributed by atoms with Gasteiger partial charge in [0.1, 0.15) is 6.54 Å². The maximum absolute atomic E-state index is 12.8. The number of nitrogens with zero attached hydrogens (tertiary/aromatic N) is 2. The molecule has 0 spiro atoms. The van der Waals surface area contributed by atoms with Gasteiger partial charge in [-0.15, -0.1) is 0 Å². The third-order valence-electron chi connectivity index (χ3n) is 3.83. The molecular weight excluding hydrogens is 314 g/mol. The number of nitrogens with one attached hydrogen (secondary N) is 1. The standard InChI is InChI=1S/C20H19N3O2/c24-19(16-8-3-1-4-9-16)15-23(22-18-11-5-2-6-12-18)20(25)17-10-7-13-21-14-17/h1-6,8-9,11-14,22H,7,10,15H2. The average Bonchev–Trinajstić information content (AvgIpc) is 2.69. The van der Waals surface area contributed by atoms with E-state index >= 15 is 0 Å². The minimum Gasteiger partial charge on any atom is -0.295 e. The van der Waals surface area contributed by atoms with Crippen LogP contribution in [0.15, 0.2) is 77.4 Å². The molecule has 0 saturated heterocycles. The van der Waals surface area contributed by atoms with Crippen molar-refractivity contribution in [2.24, 2.45) is 4.99 Å². The van der Waals surface area contributed by atoms with Gasteiger partial charge in [-0.3, -0.25) is 20.0 Å². The van der Waals surface area contributed by atoms with Gasteiger partial charge < -0.3 is 0 Å². The molecule has 1 amide bonds. The Morgan fingerprint density at radius 1 is 1.00 bits per heavy atom. The number of aliphatic imine (C=N–C) groups is 1. The molecule has 0 atom stereocenters. The fraction of sp³-hybridized carbons (Fsp3) is 0.150. The zero-order valence-electron chi connectivity index (χ0n) is 13.8. The molecule has 5 heteroatoms. The summed E-state index contributed by atoms with van der Waals surface area (Å²) in [4.78, 5) is 29.4. The predicted octanol–water partition coefficient (Wildman–Crippen LogP) is 3.47. The molecule has 5 nitrogen and oxygen atoms in total. The van der Waals surface area contributed by atoms with E-state index in [1.165, 1.54) is 5.01 Å². The molecule has 1 aliphatic heterocycles. The number of hydrazine groups is 1. The Hall–Kier alpha value is -3.21. The summed E-state index contributed by atoms with van der Waals surface area (Å²) >= 11 is 0. The molecule has 0 fully saturated rings. The highest BCUT2D eigenvalue weighted by molar-refractivity contribution is 6.02. The van der Waals surface area contributed by atoms with E-state index in [2.05, 4.69) is 10.4 Å². The molecule has 0 aliphatic carbocycles. The first-order chi connectivity index (χ1) is 12.2. The van der Waals surface area contributed by atoms with Crippen LogP contribution in [-0.4, -0.2) is 29.5 Å². The summed E-state index contributed by atoms with van der Waals surface area (Å²) < 4.78 is 0. The van der Waals surface area contributed by atoms with Crippen molar-refractivity contribution < 1.29 is 9.59 Å². The minimum atomic E-state index is -0.231. The van der Waals surface area contributed by atoms with E-state index in [0.717, 1.165) is 12.1 Å². The number of rotatable bonds is 6. The van der Waals surface area contributed by atoms with Crippen LogP contribution in [0, 0.1) is 0 Å². The quantitative estimate of drug-likeness (QED) is 0.650. The molecule has 2 aromatic rings. The van der Waals surface area contributed by atoms with E-state index in [4.69, 9.17) is 0 Å². The Labute approximate surface area is 146 Å². The third kappa shape index (κ3) is 4.41. The second-order valence-electron chi connectivity index (χ2n) is 5.68. The first kappa shape index (κ1) is 16.6. The lowest BCUT2D eigenvalue weighted by molar-refractivity contribution is -0.125. The van der Waals surface area contributed by atoms with Crippen molar-refractivity contribution in [3.63, 3.8) is 0 Å². The van der Waals surface area contributed by atoms with E-state index in [9.17, 15) is 9.59 Å². The summed E-state index contributed by atoms with van der Waals surface area (Å²) in [5.74, 6) is -0.359. The maximum atomic E-state index is 12.8. The van der Waals surface area contributed by atoms with Crippen molar-refractivity contribution in [2.75, 3.05) is 12.0 Å². The van der Waals surface area contributed by atoms with Gasteiger partial charge in [-0.05, 0) is 25.0 Å². The number of hydrogen-bond donors (Lipinski definition) is 1. The molecule has 1 aliphatic rings. The molecule has 0 radical (unpaired) electrons. The summed E-state index contributed by atoms with van der Waals surface area (Å²) in [6.07, 6.45) is 4.69. The highest BCUT2D eigenvalue weighted by Crippen LogP contribution is 2.15. The van der Waals surface area contributed by atoms with Crippen LogP contribution in [0.2, 0.25) is 0 Å². The molecule has 0 bridgehead atoms. The second kappa shape index (κ2) is 8.06. The van der Waals surface area contributed by atoms with Gasteiger partial charge in [0.05, 0.1) is 5.69 Å². The van der Waals surface area contributed by atoms with Crippen LogP contribution in [-0.2, 0) is 4.79 Å². The molecule has 0 aromatic heterocycles. The van der Waals surface area contributed by atoms with E-state index < -0.39 is 0 Å². The number of amides is 1. The topological polar surface area (TPSA) is 61.8 Å². The lowest BCUT2D eigenvalue weighted by Gasteiger charge is -2.25. The Bertz CT molecular complexity index is 798. The van der Waals surface area contributed by atoms with Crippen molar-refractivity contribution in [2.45, 2.75) is 12.8 Å². The monoisotopic (exact) mass is 333 g/mol.